The van der Waals surface area contributed by atoms with Gasteiger partial charge in [-0.05, 0) is 36.4 Å². The van der Waals surface area contributed by atoms with Gasteiger partial charge in [0.15, 0.2) is 12.4 Å². The van der Waals surface area contributed by atoms with Crippen molar-refractivity contribution in [3.05, 3.63) is 95.6 Å². The maximum Gasteiger partial charge on any atom is 0.338 e. The van der Waals surface area contributed by atoms with Crippen LogP contribution < -0.4 is 10.1 Å². The summed E-state index contributed by atoms with van der Waals surface area (Å²) in [5.41, 5.74) is 1.53. The Kier molecular flexibility index (Phi) is 6.37. The normalized spacial score (nSPS) is 10.1. The van der Waals surface area contributed by atoms with E-state index >= 15 is 0 Å². The van der Waals surface area contributed by atoms with Crippen LogP contribution in [-0.4, -0.2) is 31.4 Å². The van der Waals surface area contributed by atoms with Gasteiger partial charge >= 0.3 is 5.97 Å². The van der Waals surface area contributed by atoms with E-state index in [0.29, 0.717) is 28.1 Å². The zero-order valence-corrected chi connectivity index (χ0v) is 15.8. The fraction of sp³-hybridized carbons (Fsp3) is 0.0870. The molecule has 0 aliphatic carbocycles. The molecule has 0 atom stereocenters. The Balaban J connectivity index is 1.63. The van der Waals surface area contributed by atoms with Gasteiger partial charge in [-0.2, -0.15) is 0 Å². The Bertz CT molecular complexity index is 1010. The molecule has 0 bridgehead atoms. The summed E-state index contributed by atoms with van der Waals surface area (Å²) in [4.78, 5) is 37.0. The first kappa shape index (κ1) is 19.8. The number of ether oxygens (including phenoxy) is 2. The Morgan fingerprint density at radius 3 is 2.14 bits per heavy atom. The van der Waals surface area contributed by atoms with Gasteiger partial charge in [-0.3, -0.25) is 9.59 Å². The fourth-order valence-corrected chi connectivity index (χ4v) is 2.66. The van der Waals surface area contributed by atoms with Crippen molar-refractivity contribution in [2.75, 3.05) is 19.0 Å². The molecule has 0 aliphatic rings. The SMILES string of the molecule is COc1ccc(C(=O)OCC(=O)Nc2ccccc2C(=O)c2ccccc2)cc1. The molecule has 0 unspecified atom stereocenters. The molecule has 0 saturated heterocycles. The molecule has 0 fully saturated rings. The number of rotatable bonds is 7. The standard InChI is InChI=1S/C23H19NO5/c1-28-18-13-11-17(12-14-18)23(27)29-15-21(25)24-20-10-6-5-9-19(20)22(26)16-7-3-2-4-8-16/h2-14H,15H2,1H3,(H,24,25). The zero-order valence-electron chi connectivity index (χ0n) is 15.8. The van der Waals surface area contributed by atoms with Crippen LogP contribution in [0, 0.1) is 0 Å². The van der Waals surface area contributed by atoms with Gasteiger partial charge in [-0.15, -0.1) is 0 Å². The van der Waals surface area contributed by atoms with Crippen molar-refractivity contribution < 1.29 is 23.9 Å². The molecule has 6 heteroatoms. The quantitative estimate of drug-likeness (QED) is 0.492. The van der Waals surface area contributed by atoms with Gasteiger partial charge in [-0.25, -0.2) is 4.79 Å². The summed E-state index contributed by atoms with van der Waals surface area (Å²) < 4.78 is 10.1. The van der Waals surface area contributed by atoms with E-state index in [-0.39, 0.29) is 5.78 Å². The molecule has 3 aromatic rings. The van der Waals surface area contributed by atoms with Crippen LogP contribution in [0.25, 0.3) is 0 Å². The molecule has 3 rings (SSSR count). The summed E-state index contributed by atoms with van der Waals surface area (Å²) in [6.07, 6.45) is 0. The molecule has 6 nitrogen and oxygen atoms in total. The lowest BCUT2D eigenvalue weighted by molar-refractivity contribution is -0.119. The molecule has 0 saturated carbocycles. The first-order valence-corrected chi connectivity index (χ1v) is 8.88. The second-order valence-electron chi connectivity index (χ2n) is 6.09. The third kappa shape index (κ3) is 5.07. The van der Waals surface area contributed by atoms with Crippen LogP contribution in [0.5, 0.6) is 5.75 Å². The first-order chi connectivity index (χ1) is 14.1. The van der Waals surface area contributed by atoms with E-state index in [0.717, 1.165) is 0 Å². The minimum absolute atomic E-state index is 0.211. The highest BCUT2D eigenvalue weighted by Crippen LogP contribution is 2.19. The van der Waals surface area contributed by atoms with Gasteiger partial charge in [0.05, 0.1) is 18.4 Å². The summed E-state index contributed by atoms with van der Waals surface area (Å²) in [7, 11) is 1.53. The molecule has 29 heavy (non-hydrogen) atoms. The number of methoxy groups -OCH3 is 1. The average Bonchev–Trinajstić information content (AvgIpc) is 2.78. The molecule has 3 aromatic carbocycles. The minimum atomic E-state index is -0.628. The highest BCUT2D eigenvalue weighted by atomic mass is 16.5. The number of benzene rings is 3. The number of hydrogen-bond acceptors (Lipinski definition) is 5. The number of para-hydroxylation sites is 1. The van der Waals surface area contributed by atoms with Crippen molar-refractivity contribution in [3.63, 3.8) is 0 Å². The number of amides is 1. The molecule has 0 radical (unpaired) electrons. The van der Waals surface area contributed by atoms with Crippen LogP contribution in [0.3, 0.4) is 0 Å². The third-order valence-corrected chi connectivity index (χ3v) is 4.14. The lowest BCUT2D eigenvalue weighted by Gasteiger charge is -2.11. The molecule has 0 aliphatic heterocycles. The van der Waals surface area contributed by atoms with Crippen molar-refractivity contribution >= 4 is 23.3 Å². The minimum Gasteiger partial charge on any atom is -0.497 e. The lowest BCUT2D eigenvalue weighted by atomic mass is 10.0. The predicted molar refractivity (Wildman–Crippen MR) is 108 cm³/mol. The van der Waals surface area contributed by atoms with Gasteiger partial charge < -0.3 is 14.8 Å². The van der Waals surface area contributed by atoms with Crippen LogP contribution in [0.15, 0.2) is 78.9 Å². The van der Waals surface area contributed by atoms with Crippen molar-refractivity contribution in [2.45, 2.75) is 0 Å². The van der Waals surface area contributed by atoms with Crippen LogP contribution in [-0.2, 0) is 9.53 Å². The molecule has 0 heterocycles. The topological polar surface area (TPSA) is 81.7 Å². The van der Waals surface area contributed by atoms with E-state index in [1.807, 2.05) is 6.07 Å². The van der Waals surface area contributed by atoms with Gasteiger partial charge in [0.25, 0.3) is 5.91 Å². The number of carbonyl (C=O) groups is 3. The highest BCUT2D eigenvalue weighted by Gasteiger charge is 2.16. The van der Waals surface area contributed by atoms with E-state index in [4.69, 9.17) is 9.47 Å². The van der Waals surface area contributed by atoms with Crippen molar-refractivity contribution in [2.24, 2.45) is 0 Å². The highest BCUT2D eigenvalue weighted by molar-refractivity contribution is 6.13. The first-order valence-electron chi connectivity index (χ1n) is 8.88. The summed E-state index contributed by atoms with van der Waals surface area (Å²) >= 11 is 0. The van der Waals surface area contributed by atoms with Crippen LogP contribution >= 0.6 is 0 Å². The van der Waals surface area contributed by atoms with E-state index in [9.17, 15) is 14.4 Å². The van der Waals surface area contributed by atoms with Gasteiger partial charge in [-0.1, -0.05) is 42.5 Å². The maximum absolute atomic E-state index is 12.7. The Hall–Kier alpha value is -3.93. The monoisotopic (exact) mass is 389 g/mol. The largest absolute Gasteiger partial charge is 0.497 e. The maximum atomic E-state index is 12.7. The molecular weight excluding hydrogens is 370 g/mol. The number of nitrogens with one attached hydrogen (secondary N) is 1. The van der Waals surface area contributed by atoms with E-state index < -0.39 is 18.5 Å². The van der Waals surface area contributed by atoms with E-state index in [1.165, 1.54) is 7.11 Å². The lowest BCUT2D eigenvalue weighted by Crippen LogP contribution is -2.22. The Labute approximate surface area is 168 Å². The molecule has 146 valence electrons. The van der Waals surface area contributed by atoms with Gasteiger partial charge in [0.1, 0.15) is 5.75 Å². The molecule has 1 N–H and O–H groups in total. The molecular formula is C23H19NO5. The average molecular weight is 389 g/mol. The van der Waals surface area contributed by atoms with Crippen molar-refractivity contribution in [1.82, 2.24) is 0 Å². The number of ketones is 1. The zero-order chi connectivity index (χ0) is 20.6. The number of carbonyl (C=O) groups excluding carboxylic acids is 3. The number of esters is 1. The summed E-state index contributed by atoms with van der Waals surface area (Å²) in [5, 5.41) is 2.63. The van der Waals surface area contributed by atoms with Crippen molar-refractivity contribution in [1.29, 1.82) is 0 Å². The van der Waals surface area contributed by atoms with E-state index in [2.05, 4.69) is 5.32 Å². The molecule has 0 aromatic heterocycles. The van der Waals surface area contributed by atoms with Gasteiger partial charge in [0.2, 0.25) is 0 Å². The Morgan fingerprint density at radius 2 is 1.45 bits per heavy atom. The predicted octanol–water partition coefficient (Wildman–Crippen LogP) is 3.72. The van der Waals surface area contributed by atoms with Gasteiger partial charge in [0, 0.05) is 11.1 Å². The van der Waals surface area contributed by atoms with Crippen LogP contribution in [0.2, 0.25) is 0 Å². The summed E-state index contributed by atoms with van der Waals surface area (Å²) in [5.74, 6) is -0.771. The number of anilines is 1. The second kappa shape index (κ2) is 9.32. The number of hydrogen-bond donors (Lipinski definition) is 1. The molecule has 1 amide bonds. The van der Waals surface area contributed by atoms with Crippen molar-refractivity contribution in [3.8, 4) is 5.75 Å². The third-order valence-electron chi connectivity index (χ3n) is 4.14. The van der Waals surface area contributed by atoms with E-state index in [1.54, 1.807) is 72.8 Å². The Morgan fingerprint density at radius 1 is 0.793 bits per heavy atom. The second-order valence-corrected chi connectivity index (χ2v) is 6.09. The fourth-order valence-electron chi connectivity index (χ4n) is 2.66. The smallest absolute Gasteiger partial charge is 0.338 e. The van der Waals surface area contributed by atoms with Crippen LogP contribution in [0.4, 0.5) is 5.69 Å². The summed E-state index contributed by atoms with van der Waals surface area (Å²) in [6.45, 7) is -0.473. The molecule has 0 spiro atoms. The summed E-state index contributed by atoms with van der Waals surface area (Å²) in [6, 6.07) is 21.8. The van der Waals surface area contributed by atoms with Crippen LogP contribution in [0.1, 0.15) is 26.3 Å².